The Morgan fingerprint density at radius 1 is 1.11 bits per heavy atom. The standard InChI is InChI=1S/C26H38N2O7/c1-16-6-11-21-17(2)22(32-23-26(21)20(16)12-13-25(3,33-23)34-35-26)31-15-5-14-27-24(29)28-18-7-9-19(30-4)10-8-18/h7-10,16-17,20-23H,5-6,11-15H2,1-4H3,(H2,27,28,29)/t16-,17-,20+,21+,22+,23-,25+,26-/m1/s1. The fraction of sp³-hybridized carbons (Fsp3) is 0.731. The zero-order valence-corrected chi connectivity index (χ0v) is 21.1. The molecule has 1 spiro atoms. The van der Waals surface area contributed by atoms with Crippen molar-refractivity contribution in [1.29, 1.82) is 0 Å². The normalized spacial score (nSPS) is 39.9. The van der Waals surface area contributed by atoms with Gasteiger partial charge >= 0.3 is 6.03 Å². The summed E-state index contributed by atoms with van der Waals surface area (Å²) in [5.74, 6) is 1.21. The third kappa shape index (κ3) is 4.64. The van der Waals surface area contributed by atoms with Crippen LogP contribution >= 0.6 is 0 Å². The Labute approximate surface area is 207 Å². The molecule has 1 aromatic carbocycles. The van der Waals surface area contributed by atoms with Gasteiger partial charge in [-0.2, -0.15) is 0 Å². The maximum absolute atomic E-state index is 12.2. The first-order chi connectivity index (χ1) is 16.8. The molecule has 0 aromatic heterocycles. The Morgan fingerprint density at radius 2 is 1.91 bits per heavy atom. The Hall–Kier alpha value is -1.91. The number of hydrogen-bond donors (Lipinski definition) is 2. The number of benzene rings is 1. The van der Waals surface area contributed by atoms with Gasteiger partial charge < -0.3 is 29.6 Å². The van der Waals surface area contributed by atoms with Gasteiger partial charge in [0.2, 0.25) is 5.79 Å². The molecule has 35 heavy (non-hydrogen) atoms. The van der Waals surface area contributed by atoms with Crippen molar-refractivity contribution < 1.29 is 33.5 Å². The Balaban J connectivity index is 1.13. The van der Waals surface area contributed by atoms with E-state index in [2.05, 4.69) is 24.5 Å². The lowest BCUT2D eigenvalue weighted by Gasteiger charge is -2.60. The molecule has 1 saturated carbocycles. The number of nitrogens with one attached hydrogen (secondary N) is 2. The van der Waals surface area contributed by atoms with Crippen molar-refractivity contribution in [3.8, 4) is 5.75 Å². The van der Waals surface area contributed by atoms with Gasteiger partial charge in [-0.25, -0.2) is 14.6 Å². The fourth-order valence-corrected chi connectivity index (χ4v) is 6.39. The third-order valence-electron chi connectivity index (χ3n) is 8.33. The van der Waals surface area contributed by atoms with Gasteiger partial charge in [0.25, 0.3) is 0 Å². The van der Waals surface area contributed by atoms with Crippen molar-refractivity contribution in [2.75, 3.05) is 25.6 Å². The van der Waals surface area contributed by atoms with E-state index in [4.69, 9.17) is 28.7 Å². The summed E-state index contributed by atoms with van der Waals surface area (Å²) in [6, 6.07) is 6.94. The van der Waals surface area contributed by atoms with Crippen LogP contribution in [0.15, 0.2) is 24.3 Å². The number of hydrogen-bond acceptors (Lipinski definition) is 7. The van der Waals surface area contributed by atoms with Gasteiger partial charge in [-0.3, -0.25) is 0 Å². The molecule has 1 aromatic rings. The van der Waals surface area contributed by atoms with E-state index in [1.165, 1.54) is 0 Å². The second kappa shape index (κ2) is 9.86. The van der Waals surface area contributed by atoms with Crippen LogP contribution in [0.25, 0.3) is 0 Å². The lowest BCUT2D eigenvalue weighted by atomic mass is 9.58. The van der Waals surface area contributed by atoms with Crippen LogP contribution in [0, 0.1) is 23.7 Å². The topological polar surface area (TPSA) is 96.5 Å². The number of carbonyl (C=O) groups excluding carboxylic acids is 1. The molecule has 5 aliphatic rings. The monoisotopic (exact) mass is 490 g/mol. The van der Waals surface area contributed by atoms with Crippen molar-refractivity contribution in [2.24, 2.45) is 23.7 Å². The number of anilines is 1. The zero-order valence-electron chi connectivity index (χ0n) is 21.1. The van der Waals surface area contributed by atoms with E-state index in [1.807, 2.05) is 6.92 Å². The molecule has 9 heteroatoms. The van der Waals surface area contributed by atoms with E-state index in [1.54, 1.807) is 31.4 Å². The summed E-state index contributed by atoms with van der Waals surface area (Å²) in [6.07, 6.45) is 3.78. The van der Waals surface area contributed by atoms with E-state index < -0.39 is 17.7 Å². The molecule has 2 N–H and O–H groups in total. The molecule has 1 aliphatic carbocycles. The van der Waals surface area contributed by atoms with Gasteiger partial charge in [0.05, 0.1) is 13.7 Å². The van der Waals surface area contributed by atoms with Crippen molar-refractivity contribution in [3.05, 3.63) is 24.3 Å². The molecule has 9 nitrogen and oxygen atoms in total. The maximum atomic E-state index is 12.2. The fourth-order valence-electron chi connectivity index (χ4n) is 6.39. The van der Waals surface area contributed by atoms with Gasteiger partial charge in [-0.15, -0.1) is 0 Å². The lowest BCUT2D eigenvalue weighted by Crippen LogP contribution is -2.70. The van der Waals surface area contributed by atoms with Gasteiger partial charge in [0, 0.05) is 30.5 Å². The molecule has 4 heterocycles. The number of methoxy groups -OCH3 is 1. The van der Waals surface area contributed by atoms with Crippen molar-refractivity contribution in [3.63, 3.8) is 0 Å². The molecule has 8 atom stereocenters. The average molecular weight is 491 g/mol. The predicted octanol–water partition coefficient (Wildman–Crippen LogP) is 4.43. The molecule has 6 rings (SSSR count). The lowest BCUT2D eigenvalue weighted by molar-refractivity contribution is -0.577. The van der Waals surface area contributed by atoms with Crippen LogP contribution in [0.4, 0.5) is 10.5 Å². The first-order valence-electron chi connectivity index (χ1n) is 12.9. The van der Waals surface area contributed by atoms with Crippen LogP contribution in [0.5, 0.6) is 5.75 Å². The second-order valence-electron chi connectivity index (χ2n) is 10.6. The Morgan fingerprint density at radius 3 is 2.69 bits per heavy atom. The molecular formula is C26H38N2O7. The summed E-state index contributed by atoms with van der Waals surface area (Å²) in [4.78, 5) is 24.2. The molecule has 5 fully saturated rings. The van der Waals surface area contributed by atoms with Crippen LogP contribution in [0.3, 0.4) is 0 Å². The SMILES string of the molecule is COc1ccc(NC(=O)NCCCO[C@H]2O[C@@H]3O[C@]4(C)CC[C@H]5[C@H](C)CC[C@@H]([C@H]2C)[C@@]35OO4)cc1. The molecular weight excluding hydrogens is 452 g/mol. The molecule has 2 amide bonds. The summed E-state index contributed by atoms with van der Waals surface area (Å²) >= 11 is 0. The second-order valence-corrected chi connectivity index (χ2v) is 10.6. The van der Waals surface area contributed by atoms with Crippen LogP contribution in [-0.4, -0.2) is 50.3 Å². The molecule has 0 unspecified atom stereocenters. The minimum absolute atomic E-state index is 0.141. The smallest absolute Gasteiger partial charge is 0.319 e. The van der Waals surface area contributed by atoms with Crippen molar-refractivity contribution in [2.45, 2.75) is 76.8 Å². The van der Waals surface area contributed by atoms with E-state index in [0.717, 1.165) is 31.4 Å². The van der Waals surface area contributed by atoms with Gasteiger partial charge in [-0.05, 0) is 68.7 Å². The van der Waals surface area contributed by atoms with Crippen molar-refractivity contribution in [1.82, 2.24) is 5.32 Å². The van der Waals surface area contributed by atoms with Crippen LogP contribution in [0.1, 0.15) is 52.9 Å². The summed E-state index contributed by atoms with van der Waals surface area (Å²) < 4.78 is 24.1. The number of urea groups is 1. The highest BCUT2D eigenvalue weighted by molar-refractivity contribution is 5.89. The number of ether oxygens (including phenoxy) is 4. The molecule has 194 valence electrons. The van der Waals surface area contributed by atoms with Crippen molar-refractivity contribution >= 4 is 11.7 Å². The van der Waals surface area contributed by atoms with Crippen LogP contribution in [-0.2, 0) is 24.0 Å². The third-order valence-corrected chi connectivity index (χ3v) is 8.33. The quantitative estimate of drug-likeness (QED) is 0.431. The number of carbonyl (C=O) groups is 1. The molecule has 2 bridgehead atoms. The molecule has 4 saturated heterocycles. The molecule has 4 aliphatic heterocycles. The zero-order chi connectivity index (χ0) is 24.6. The first kappa shape index (κ1) is 24.8. The predicted molar refractivity (Wildman–Crippen MR) is 127 cm³/mol. The first-order valence-corrected chi connectivity index (χ1v) is 12.9. The van der Waals surface area contributed by atoms with E-state index in [9.17, 15) is 4.79 Å². The summed E-state index contributed by atoms with van der Waals surface area (Å²) in [5.41, 5.74) is 0.129. The number of rotatable bonds is 7. The van der Waals surface area contributed by atoms with Crippen LogP contribution in [0.2, 0.25) is 0 Å². The van der Waals surface area contributed by atoms with E-state index in [-0.39, 0.29) is 24.2 Å². The van der Waals surface area contributed by atoms with Crippen LogP contribution < -0.4 is 15.4 Å². The highest BCUT2D eigenvalue weighted by Gasteiger charge is 2.69. The van der Waals surface area contributed by atoms with Gasteiger partial charge in [-0.1, -0.05) is 13.8 Å². The minimum Gasteiger partial charge on any atom is -0.497 e. The number of amides is 2. The average Bonchev–Trinajstić information content (AvgIpc) is 3.08. The summed E-state index contributed by atoms with van der Waals surface area (Å²) in [6.45, 7) is 7.37. The molecule has 0 radical (unpaired) electrons. The largest absolute Gasteiger partial charge is 0.497 e. The van der Waals surface area contributed by atoms with E-state index >= 15 is 0 Å². The van der Waals surface area contributed by atoms with Gasteiger partial charge in [0.15, 0.2) is 18.2 Å². The maximum Gasteiger partial charge on any atom is 0.319 e. The van der Waals surface area contributed by atoms with Gasteiger partial charge in [0.1, 0.15) is 5.75 Å². The summed E-state index contributed by atoms with van der Waals surface area (Å²) in [7, 11) is 1.61. The van der Waals surface area contributed by atoms with E-state index in [0.29, 0.717) is 37.1 Å². The Bertz CT molecular complexity index is 898. The highest BCUT2D eigenvalue weighted by atomic mass is 17.3. The Kier molecular flexibility index (Phi) is 6.98. The minimum atomic E-state index is -0.788. The number of fused-ring (bicyclic) bond motifs is 2. The summed E-state index contributed by atoms with van der Waals surface area (Å²) in [5, 5.41) is 5.67. The highest BCUT2D eigenvalue weighted by Crippen LogP contribution is 2.60.